The van der Waals surface area contributed by atoms with Crippen molar-refractivity contribution in [1.29, 1.82) is 0 Å². The van der Waals surface area contributed by atoms with E-state index in [0.717, 1.165) is 12.5 Å². The van der Waals surface area contributed by atoms with Gasteiger partial charge in [-0.2, -0.15) is 0 Å². The number of unbranched alkanes of at least 4 members (excludes halogenated alkanes) is 1. The molecule has 1 aliphatic heterocycles. The maximum absolute atomic E-state index is 5.52. The summed E-state index contributed by atoms with van der Waals surface area (Å²) in [6, 6.07) is 0. The Labute approximate surface area is 95.2 Å². The molecule has 1 aliphatic rings. The standard InChI is InChI=1S/C13H28N2/c1-2-6-13-7-5-11-15(12-8-13)10-4-3-9-14/h13H,2-12,14H2,1H3. The van der Waals surface area contributed by atoms with E-state index in [-0.39, 0.29) is 0 Å². The minimum absolute atomic E-state index is 0.853. The number of likely N-dealkylation sites (tertiary alicyclic amines) is 1. The second-order valence-corrected chi connectivity index (χ2v) is 4.92. The zero-order chi connectivity index (χ0) is 10.9. The summed E-state index contributed by atoms with van der Waals surface area (Å²) < 4.78 is 0. The van der Waals surface area contributed by atoms with Crippen molar-refractivity contribution >= 4 is 0 Å². The average Bonchev–Trinajstić information content (AvgIpc) is 2.45. The van der Waals surface area contributed by atoms with Crippen LogP contribution in [-0.2, 0) is 0 Å². The molecule has 0 amide bonds. The van der Waals surface area contributed by atoms with Crippen molar-refractivity contribution in [3.05, 3.63) is 0 Å². The van der Waals surface area contributed by atoms with Crippen LogP contribution in [0.4, 0.5) is 0 Å². The van der Waals surface area contributed by atoms with Crippen LogP contribution in [-0.4, -0.2) is 31.1 Å². The molecule has 1 atom stereocenters. The van der Waals surface area contributed by atoms with Crippen LogP contribution in [0, 0.1) is 5.92 Å². The molecule has 90 valence electrons. The Balaban J connectivity index is 2.14. The molecule has 0 bridgehead atoms. The van der Waals surface area contributed by atoms with E-state index in [9.17, 15) is 0 Å². The van der Waals surface area contributed by atoms with Crippen LogP contribution in [0.5, 0.6) is 0 Å². The topological polar surface area (TPSA) is 29.3 Å². The molecule has 0 aromatic rings. The van der Waals surface area contributed by atoms with E-state index in [1.165, 1.54) is 64.6 Å². The zero-order valence-electron chi connectivity index (χ0n) is 10.4. The second kappa shape index (κ2) is 8.12. The lowest BCUT2D eigenvalue weighted by Gasteiger charge is -2.19. The third-order valence-electron chi connectivity index (χ3n) is 3.57. The summed E-state index contributed by atoms with van der Waals surface area (Å²) in [5.74, 6) is 1.01. The first-order valence-corrected chi connectivity index (χ1v) is 6.79. The Bertz CT molecular complexity index is 147. The van der Waals surface area contributed by atoms with Gasteiger partial charge >= 0.3 is 0 Å². The Kier molecular flexibility index (Phi) is 7.03. The van der Waals surface area contributed by atoms with Crippen molar-refractivity contribution in [1.82, 2.24) is 4.90 Å². The SMILES string of the molecule is CCCC1CCCN(CCCCN)CC1. The Morgan fingerprint density at radius 3 is 2.80 bits per heavy atom. The Morgan fingerprint density at radius 2 is 2.07 bits per heavy atom. The van der Waals surface area contributed by atoms with Gasteiger partial charge in [-0.3, -0.25) is 0 Å². The van der Waals surface area contributed by atoms with Gasteiger partial charge in [-0.15, -0.1) is 0 Å². The highest BCUT2D eigenvalue weighted by Gasteiger charge is 2.15. The predicted octanol–water partition coefficient (Wildman–Crippen LogP) is 2.63. The maximum atomic E-state index is 5.52. The van der Waals surface area contributed by atoms with Gasteiger partial charge < -0.3 is 10.6 Å². The number of rotatable bonds is 6. The number of nitrogens with zero attached hydrogens (tertiary/aromatic N) is 1. The third-order valence-corrected chi connectivity index (χ3v) is 3.57. The van der Waals surface area contributed by atoms with Crippen LogP contribution in [0.2, 0.25) is 0 Å². The van der Waals surface area contributed by atoms with Gasteiger partial charge in [0.1, 0.15) is 0 Å². The molecular formula is C13H28N2. The molecule has 0 aliphatic carbocycles. The predicted molar refractivity (Wildman–Crippen MR) is 67.0 cm³/mol. The minimum Gasteiger partial charge on any atom is -0.330 e. The smallest absolute Gasteiger partial charge is 0.00161 e. The van der Waals surface area contributed by atoms with Crippen molar-refractivity contribution in [2.75, 3.05) is 26.2 Å². The quantitative estimate of drug-likeness (QED) is 0.686. The number of hydrogen-bond donors (Lipinski definition) is 1. The molecule has 0 saturated carbocycles. The van der Waals surface area contributed by atoms with Gasteiger partial charge in [0.2, 0.25) is 0 Å². The van der Waals surface area contributed by atoms with Crippen molar-refractivity contribution in [3.63, 3.8) is 0 Å². The highest BCUT2D eigenvalue weighted by Crippen LogP contribution is 2.21. The van der Waals surface area contributed by atoms with Gasteiger partial charge in [0.25, 0.3) is 0 Å². The maximum Gasteiger partial charge on any atom is -0.00161 e. The molecule has 1 rings (SSSR count). The summed E-state index contributed by atoms with van der Waals surface area (Å²) in [5.41, 5.74) is 5.52. The van der Waals surface area contributed by atoms with Crippen LogP contribution in [0.3, 0.4) is 0 Å². The van der Waals surface area contributed by atoms with Crippen LogP contribution in [0.25, 0.3) is 0 Å². The van der Waals surface area contributed by atoms with Crippen LogP contribution in [0.15, 0.2) is 0 Å². The molecule has 1 saturated heterocycles. The lowest BCUT2D eigenvalue weighted by Crippen LogP contribution is -2.26. The summed E-state index contributed by atoms with van der Waals surface area (Å²) in [4.78, 5) is 2.64. The van der Waals surface area contributed by atoms with Gasteiger partial charge in [-0.25, -0.2) is 0 Å². The van der Waals surface area contributed by atoms with Crippen LogP contribution in [0.1, 0.15) is 51.9 Å². The fourth-order valence-electron chi connectivity index (χ4n) is 2.63. The van der Waals surface area contributed by atoms with E-state index in [2.05, 4.69) is 11.8 Å². The third kappa shape index (κ3) is 5.53. The van der Waals surface area contributed by atoms with Crippen LogP contribution < -0.4 is 5.73 Å². The molecule has 1 heterocycles. The summed E-state index contributed by atoms with van der Waals surface area (Å²) in [6.45, 7) is 7.09. The van der Waals surface area contributed by atoms with E-state index < -0.39 is 0 Å². The fraction of sp³-hybridized carbons (Fsp3) is 1.00. The first-order chi connectivity index (χ1) is 7.36. The summed E-state index contributed by atoms with van der Waals surface area (Å²) in [6.07, 6.45) is 9.57. The molecule has 0 aromatic carbocycles. The average molecular weight is 212 g/mol. The lowest BCUT2D eigenvalue weighted by atomic mass is 9.96. The lowest BCUT2D eigenvalue weighted by molar-refractivity contribution is 0.274. The molecular weight excluding hydrogens is 184 g/mol. The highest BCUT2D eigenvalue weighted by molar-refractivity contribution is 4.69. The summed E-state index contributed by atoms with van der Waals surface area (Å²) in [5, 5.41) is 0. The first kappa shape index (κ1) is 13.0. The molecule has 2 heteroatoms. The number of nitrogens with two attached hydrogens (primary N) is 1. The van der Waals surface area contributed by atoms with E-state index in [0.29, 0.717) is 0 Å². The normalized spacial score (nSPS) is 24.0. The number of hydrogen-bond acceptors (Lipinski definition) is 2. The van der Waals surface area contributed by atoms with Crippen molar-refractivity contribution < 1.29 is 0 Å². The first-order valence-electron chi connectivity index (χ1n) is 6.79. The van der Waals surface area contributed by atoms with Gasteiger partial charge in [0.05, 0.1) is 0 Å². The Morgan fingerprint density at radius 1 is 1.20 bits per heavy atom. The largest absolute Gasteiger partial charge is 0.330 e. The molecule has 2 N–H and O–H groups in total. The molecule has 1 unspecified atom stereocenters. The monoisotopic (exact) mass is 212 g/mol. The second-order valence-electron chi connectivity index (χ2n) is 4.92. The molecule has 0 radical (unpaired) electrons. The van der Waals surface area contributed by atoms with Crippen LogP contribution >= 0.6 is 0 Å². The van der Waals surface area contributed by atoms with E-state index >= 15 is 0 Å². The Hall–Kier alpha value is -0.0800. The fourth-order valence-corrected chi connectivity index (χ4v) is 2.63. The van der Waals surface area contributed by atoms with Gasteiger partial charge in [0, 0.05) is 0 Å². The molecule has 1 fully saturated rings. The molecule has 2 nitrogen and oxygen atoms in total. The van der Waals surface area contributed by atoms with Gasteiger partial charge in [-0.05, 0) is 64.2 Å². The summed E-state index contributed by atoms with van der Waals surface area (Å²) in [7, 11) is 0. The molecule has 0 spiro atoms. The van der Waals surface area contributed by atoms with Crippen molar-refractivity contribution in [3.8, 4) is 0 Å². The highest BCUT2D eigenvalue weighted by atomic mass is 15.1. The molecule has 0 aromatic heterocycles. The minimum atomic E-state index is 0.853. The van der Waals surface area contributed by atoms with E-state index in [4.69, 9.17) is 5.73 Å². The van der Waals surface area contributed by atoms with Gasteiger partial charge in [-0.1, -0.05) is 19.8 Å². The van der Waals surface area contributed by atoms with E-state index in [1.54, 1.807) is 0 Å². The summed E-state index contributed by atoms with van der Waals surface area (Å²) >= 11 is 0. The molecule has 15 heavy (non-hydrogen) atoms. The van der Waals surface area contributed by atoms with E-state index in [1.807, 2.05) is 0 Å². The zero-order valence-corrected chi connectivity index (χ0v) is 10.4. The van der Waals surface area contributed by atoms with Gasteiger partial charge in [0.15, 0.2) is 0 Å². The van der Waals surface area contributed by atoms with Crippen molar-refractivity contribution in [2.45, 2.75) is 51.9 Å². The van der Waals surface area contributed by atoms with Crippen molar-refractivity contribution in [2.24, 2.45) is 11.7 Å².